The number of hydrogen-bond donors (Lipinski definition) is 1. The molecule has 0 aliphatic carbocycles. The fourth-order valence-corrected chi connectivity index (χ4v) is 4.16. The zero-order valence-electron chi connectivity index (χ0n) is 16.4. The Bertz CT molecular complexity index is 922. The molecule has 1 aliphatic rings. The van der Waals surface area contributed by atoms with E-state index < -0.39 is 17.6 Å². The number of carbonyl (C=O) groups excluding carboxylic acids is 2. The van der Waals surface area contributed by atoms with Gasteiger partial charge in [0.05, 0.1) is 22.8 Å². The molecule has 5 nitrogen and oxygen atoms in total. The molecule has 0 bridgehead atoms. The molecule has 29 heavy (non-hydrogen) atoms. The van der Waals surface area contributed by atoms with Crippen LogP contribution in [0.5, 0.6) is 0 Å². The quantitative estimate of drug-likeness (QED) is 0.668. The van der Waals surface area contributed by atoms with Gasteiger partial charge in [0.2, 0.25) is 0 Å². The fraction of sp³-hybridized carbons (Fsp3) is 0.273. The molecule has 0 saturated heterocycles. The topological polar surface area (TPSA) is 60.9 Å². The molecule has 3 rings (SSSR count). The molecule has 0 unspecified atom stereocenters. The van der Waals surface area contributed by atoms with Crippen LogP contribution in [0.1, 0.15) is 19.4 Å². The van der Waals surface area contributed by atoms with Crippen molar-refractivity contribution in [1.82, 2.24) is 0 Å². The second kappa shape index (κ2) is 9.24. The molecule has 152 valence electrons. The van der Waals surface area contributed by atoms with Crippen molar-refractivity contribution in [1.29, 1.82) is 0 Å². The van der Waals surface area contributed by atoms with Gasteiger partial charge in [-0.25, -0.2) is 9.29 Å². The molecule has 0 fully saturated rings. The molecule has 1 heterocycles. The van der Waals surface area contributed by atoms with E-state index in [-0.39, 0.29) is 22.8 Å². The highest BCUT2D eigenvalue weighted by molar-refractivity contribution is 8.04. The smallest absolute Gasteiger partial charge is 0.272 e. The minimum absolute atomic E-state index is 0.120. The number of amides is 2. The minimum atomic E-state index is -0.447. The van der Waals surface area contributed by atoms with Crippen molar-refractivity contribution in [3.8, 4) is 0 Å². The van der Waals surface area contributed by atoms with E-state index in [9.17, 15) is 19.1 Å². The summed E-state index contributed by atoms with van der Waals surface area (Å²) in [5.41, 5.74) is 2.21. The Morgan fingerprint density at radius 1 is 0.966 bits per heavy atom. The zero-order chi connectivity index (χ0) is 21.0. The van der Waals surface area contributed by atoms with Gasteiger partial charge in [-0.3, -0.25) is 9.59 Å². The molecule has 0 radical (unpaired) electrons. The summed E-state index contributed by atoms with van der Waals surface area (Å²) in [6, 6.07) is 12.8. The van der Waals surface area contributed by atoms with Crippen LogP contribution in [0.2, 0.25) is 0 Å². The molecule has 0 aromatic heterocycles. The first kappa shape index (κ1) is 21.1. The van der Waals surface area contributed by atoms with E-state index in [0.29, 0.717) is 11.3 Å². The summed E-state index contributed by atoms with van der Waals surface area (Å²) in [5, 5.41) is 9.18. The first-order chi connectivity index (χ1) is 14.0. The van der Waals surface area contributed by atoms with Gasteiger partial charge in [0.1, 0.15) is 5.82 Å². The van der Waals surface area contributed by atoms with Crippen LogP contribution in [-0.4, -0.2) is 42.4 Å². The summed E-state index contributed by atoms with van der Waals surface area (Å²) < 4.78 is 13.3. The number of aliphatic hydroxyl groups excluding tert-OH is 1. The molecular weight excluding hydrogens is 391 g/mol. The number of benzene rings is 2. The molecule has 2 aromatic rings. The molecule has 2 aromatic carbocycles. The Kier molecular flexibility index (Phi) is 6.71. The van der Waals surface area contributed by atoms with Gasteiger partial charge in [0, 0.05) is 24.5 Å². The van der Waals surface area contributed by atoms with Crippen LogP contribution in [0.25, 0.3) is 5.57 Å². The van der Waals surface area contributed by atoms with E-state index in [0.717, 1.165) is 35.4 Å². The maximum Gasteiger partial charge on any atom is 0.272 e. The van der Waals surface area contributed by atoms with E-state index in [4.69, 9.17) is 0 Å². The fourth-order valence-electron chi connectivity index (χ4n) is 3.30. The molecule has 0 spiro atoms. The van der Waals surface area contributed by atoms with Gasteiger partial charge in [-0.2, -0.15) is 0 Å². The molecule has 0 saturated carbocycles. The van der Waals surface area contributed by atoms with E-state index >= 15 is 0 Å². The van der Waals surface area contributed by atoms with Crippen LogP contribution >= 0.6 is 11.8 Å². The Labute approximate surface area is 173 Å². The lowest BCUT2D eigenvalue weighted by Gasteiger charge is -2.22. The van der Waals surface area contributed by atoms with Gasteiger partial charge in [-0.15, -0.1) is 11.8 Å². The van der Waals surface area contributed by atoms with E-state index in [1.807, 2.05) is 12.1 Å². The van der Waals surface area contributed by atoms with Crippen molar-refractivity contribution in [3.05, 3.63) is 64.8 Å². The lowest BCUT2D eigenvalue weighted by atomic mass is 10.1. The van der Waals surface area contributed by atoms with Crippen LogP contribution in [0, 0.1) is 5.82 Å². The monoisotopic (exact) mass is 414 g/mol. The lowest BCUT2D eigenvalue weighted by Crippen LogP contribution is -2.31. The first-order valence-corrected chi connectivity index (χ1v) is 10.5. The number of hydrogen-bond acceptors (Lipinski definition) is 5. The Morgan fingerprint density at radius 3 is 2.14 bits per heavy atom. The molecular formula is C22H23FN2O3S. The first-order valence-electron chi connectivity index (χ1n) is 9.49. The van der Waals surface area contributed by atoms with Gasteiger partial charge in [0.15, 0.2) is 0 Å². The average Bonchev–Trinajstić information content (AvgIpc) is 2.98. The van der Waals surface area contributed by atoms with Crippen molar-refractivity contribution < 1.29 is 19.1 Å². The third kappa shape index (κ3) is 4.21. The van der Waals surface area contributed by atoms with Crippen molar-refractivity contribution in [3.63, 3.8) is 0 Å². The maximum absolute atomic E-state index is 13.3. The molecule has 2 amide bonds. The van der Waals surface area contributed by atoms with Crippen molar-refractivity contribution in [2.24, 2.45) is 0 Å². The Balaban J connectivity index is 1.97. The predicted molar refractivity (Wildman–Crippen MR) is 115 cm³/mol. The van der Waals surface area contributed by atoms with Crippen molar-refractivity contribution in [2.75, 3.05) is 35.2 Å². The summed E-state index contributed by atoms with van der Waals surface area (Å²) in [5.74, 6) is -1.01. The van der Waals surface area contributed by atoms with E-state index in [1.54, 1.807) is 12.1 Å². The second-order valence-corrected chi connectivity index (χ2v) is 7.52. The number of anilines is 2. The predicted octanol–water partition coefficient (Wildman–Crippen LogP) is 3.68. The van der Waals surface area contributed by atoms with Crippen molar-refractivity contribution >= 4 is 40.5 Å². The largest absolute Gasteiger partial charge is 0.396 e. The Hall–Kier alpha value is -2.64. The summed E-state index contributed by atoms with van der Waals surface area (Å²) in [6.45, 7) is 5.72. The van der Waals surface area contributed by atoms with Crippen LogP contribution in [0.4, 0.5) is 15.8 Å². The van der Waals surface area contributed by atoms with Crippen molar-refractivity contribution in [2.45, 2.75) is 13.8 Å². The van der Waals surface area contributed by atoms with Crippen LogP contribution in [0.3, 0.4) is 0 Å². The summed E-state index contributed by atoms with van der Waals surface area (Å²) in [4.78, 5) is 29.8. The molecule has 1 aliphatic heterocycles. The SMILES string of the molecule is CCN(CC)c1ccc(N2C(=O)C(SCCO)=C(c3ccc(F)cc3)C2=O)cc1. The van der Waals surface area contributed by atoms with Crippen LogP contribution in [-0.2, 0) is 9.59 Å². The zero-order valence-corrected chi connectivity index (χ0v) is 17.2. The highest BCUT2D eigenvalue weighted by Crippen LogP contribution is 2.38. The summed E-state index contributed by atoms with van der Waals surface area (Å²) in [6.07, 6.45) is 0. The average molecular weight is 415 g/mol. The number of rotatable bonds is 8. The number of halogens is 1. The highest BCUT2D eigenvalue weighted by Gasteiger charge is 2.40. The third-order valence-corrected chi connectivity index (χ3v) is 5.80. The minimum Gasteiger partial charge on any atom is -0.396 e. The number of imide groups is 1. The normalized spacial score (nSPS) is 14.1. The summed E-state index contributed by atoms with van der Waals surface area (Å²) >= 11 is 1.13. The van der Waals surface area contributed by atoms with Gasteiger partial charge < -0.3 is 10.0 Å². The molecule has 7 heteroatoms. The number of nitrogens with zero attached hydrogens (tertiary/aromatic N) is 2. The number of carbonyl (C=O) groups is 2. The van der Waals surface area contributed by atoms with E-state index in [1.165, 1.54) is 24.3 Å². The van der Waals surface area contributed by atoms with Gasteiger partial charge >= 0.3 is 0 Å². The molecule has 0 atom stereocenters. The van der Waals surface area contributed by atoms with Gasteiger partial charge in [-0.05, 0) is 55.8 Å². The molecule has 1 N–H and O–H groups in total. The second-order valence-electron chi connectivity index (χ2n) is 6.42. The van der Waals surface area contributed by atoms with E-state index in [2.05, 4.69) is 18.7 Å². The van der Waals surface area contributed by atoms with Gasteiger partial charge in [0.25, 0.3) is 11.8 Å². The third-order valence-electron chi connectivity index (χ3n) is 4.75. The summed E-state index contributed by atoms with van der Waals surface area (Å²) in [7, 11) is 0. The number of aliphatic hydroxyl groups is 1. The lowest BCUT2D eigenvalue weighted by molar-refractivity contribution is -0.119. The number of thioether (sulfide) groups is 1. The maximum atomic E-state index is 13.3. The Morgan fingerprint density at radius 2 is 1.59 bits per heavy atom. The van der Waals surface area contributed by atoms with Crippen LogP contribution < -0.4 is 9.80 Å². The van der Waals surface area contributed by atoms with Gasteiger partial charge in [-0.1, -0.05) is 12.1 Å². The van der Waals surface area contributed by atoms with Crippen LogP contribution in [0.15, 0.2) is 53.4 Å². The highest BCUT2D eigenvalue weighted by atomic mass is 32.2. The standard InChI is InChI=1S/C22H23FN2O3S/c1-3-24(4-2)17-9-11-18(12-10-17)25-21(27)19(15-5-7-16(23)8-6-15)20(22(25)28)29-14-13-26/h5-12,26H,3-4,13-14H2,1-2H3.